The summed E-state index contributed by atoms with van der Waals surface area (Å²) in [4.78, 5) is 23.6. The number of anilines is 3. The molecule has 2 saturated heterocycles. The van der Waals surface area contributed by atoms with Crippen LogP contribution in [0.25, 0.3) is 0 Å². The zero-order chi connectivity index (χ0) is 17.0. The smallest absolute Gasteiger partial charge is 0.407 e. The normalized spacial score (nSPS) is 24.8. The van der Waals surface area contributed by atoms with Gasteiger partial charge in [-0.3, -0.25) is 5.10 Å². The first-order valence-electron chi connectivity index (χ1n) is 8.57. The zero-order valence-electron chi connectivity index (χ0n) is 13.6. The highest BCUT2D eigenvalue weighted by molar-refractivity contribution is 5.67. The lowest BCUT2D eigenvalue weighted by Crippen LogP contribution is -2.57. The van der Waals surface area contributed by atoms with Gasteiger partial charge >= 0.3 is 6.09 Å². The summed E-state index contributed by atoms with van der Waals surface area (Å²) in [7, 11) is 0. The van der Waals surface area contributed by atoms with Crippen LogP contribution in [-0.4, -0.2) is 61.9 Å². The molecule has 9 nitrogen and oxygen atoms in total. The largest absolute Gasteiger partial charge is 0.465 e. The van der Waals surface area contributed by atoms with E-state index in [1.807, 2.05) is 12.1 Å². The molecule has 1 aliphatic carbocycles. The van der Waals surface area contributed by atoms with E-state index in [0.717, 1.165) is 12.4 Å². The van der Waals surface area contributed by atoms with Crippen molar-refractivity contribution >= 4 is 23.7 Å². The second kappa shape index (κ2) is 5.33. The van der Waals surface area contributed by atoms with Gasteiger partial charge in [-0.25, -0.2) is 9.78 Å². The molecule has 5 rings (SSSR count). The fourth-order valence-electron chi connectivity index (χ4n) is 3.73. The number of H-pyrrole nitrogens is 1. The summed E-state index contributed by atoms with van der Waals surface area (Å²) in [6.07, 6.45) is 3.33. The molecule has 0 unspecified atom stereocenters. The minimum Gasteiger partial charge on any atom is -0.465 e. The standard InChI is InChI=1S/C16H19N7O2/c24-16(25)23-7-10-6-22(8-12(10)23)15-17-4-3-13(19-15)18-14-5-11(20-21-14)9-1-2-9/h3-5,9-10,12H,1-2,6-8H2,(H,24,25)(H2,17,18,19,20,21)/t10-,12-/m0/s1. The highest BCUT2D eigenvalue weighted by Gasteiger charge is 2.48. The van der Waals surface area contributed by atoms with Gasteiger partial charge < -0.3 is 20.2 Å². The average molecular weight is 341 g/mol. The first-order valence-corrected chi connectivity index (χ1v) is 8.57. The maximum Gasteiger partial charge on any atom is 0.407 e. The molecule has 0 spiro atoms. The third-order valence-electron chi connectivity index (χ3n) is 5.28. The van der Waals surface area contributed by atoms with Crippen molar-refractivity contribution in [1.82, 2.24) is 25.1 Å². The number of hydrogen-bond acceptors (Lipinski definition) is 6. The van der Waals surface area contributed by atoms with Crippen molar-refractivity contribution < 1.29 is 9.90 Å². The molecule has 25 heavy (non-hydrogen) atoms. The molecular formula is C16H19N7O2. The molecule has 2 atom stereocenters. The van der Waals surface area contributed by atoms with Crippen LogP contribution in [0, 0.1) is 5.92 Å². The molecule has 9 heteroatoms. The SMILES string of the molecule is O=C(O)N1C[C@@H]2CN(c3nccc(Nc4cc(C5CC5)[nH]n4)n3)C[C@@H]21. The Hall–Kier alpha value is -2.84. The molecule has 0 aromatic carbocycles. The van der Waals surface area contributed by atoms with Gasteiger partial charge in [-0.1, -0.05) is 0 Å². The Labute approximate surface area is 144 Å². The number of aromatic nitrogens is 4. The van der Waals surface area contributed by atoms with Gasteiger partial charge in [0.2, 0.25) is 5.95 Å². The van der Waals surface area contributed by atoms with Gasteiger partial charge in [-0.05, 0) is 18.9 Å². The van der Waals surface area contributed by atoms with Crippen molar-refractivity contribution in [3.63, 3.8) is 0 Å². The molecule has 0 bridgehead atoms. The molecule has 3 N–H and O–H groups in total. The van der Waals surface area contributed by atoms with Gasteiger partial charge in [0.25, 0.3) is 0 Å². The van der Waals surface area contributed by atoms with Gasteiger partial charge in [-0.15, -0.1) is 0 Å². The monoisotopic (exact) mass is 341 g/mol. The van der Waals surface area contributed by atoms with Gasteiger partial charge in [0.05, 0.1) is 6.04 Å². The molecule has 0 radical (unpaired) electrons. The number of rotatable bonds is 4. The highest BCUT2D eigenvalue weighted by Crippen LogP contribution is 2.39. The van der Waals surface area contributed by atoms with Crippen LogP contribution in [0.5, 0.6) is 0 Å². The van der Waals surface area contributed by atoms with E-state index in [1.54, 1.807) is 6.20 Å². The maximum atomic E-state index is 11.1. The van der Waals surface area contributed by atoms with E-state index in [4.69, 9.17) is 5.11 Å². The van der Waals surface area contributed by atoms with E-state index in [1.165, 1.54) is 23.4 Å². The van der Waals surface area contributed by atoms with E-state index in [9.17, 15) is 4.79 Å². The lowest BCUT2D eigenvalue weighted by atomic mass is 9.93. The zero-order valence-corrected chi connectivity index (χ0v) is 13.6. The van der Waals surface area contributed by atoms with Crippen molar-refractivity contribution in [2.24, 2.45) is 5.92 Å². The fraction of sp³-hybridized carbons (Fsp3) is 0.500. The van der Waals surface area contributed by atoms with E-state index in [0.29, 0.717) is 36.7 Å². The molecule has 3 fully saturated rings. The Morgan fingerprint density at radius 2 is 2.16 bits per heavy atom. The average Bonchev–Trinajstić information content (AvgIpc) is 3.25. The lowest BCUT2D eigenvalue weighted by Gasteiger charge is -2.40. The van der Waals surface area contributed by atoms with Gasteiger partial charge in [-0.2, -0.15) is 10.1 Å². The van der Waals surface area contributed by atoms with E-state index >= 15 is 0 Å². The van der Waals surface area contributed by atoms with Crippen molar-refractivity contribution in [2.45, 2.75) is 24.8 Å². The Kier molecular flexibility index (Phi) is 3.09. The summed E-state index contributed by atoms with van der Waals surface area (Å²) in [6.45, 7) is 2.05. The van der Waals surface area contributed by atoms with Gasteiger partial charge in [0, 0.05) is 49.4 Å². The quantitative estimate of drug-likeness (QED) is 0.775. The van der Waals surface area contributed by atoms with Crippen molar-refractivity contribution in [1.29, 1.82) is 0 Å². The van der Waals surface area contributed by atoms with Gasteiger partial charge in [0.15, 0.2) is 5.82 Å². The number of nitrogens with zero attached hydrogens (tertiary/aromatic N) is 5. The molecule has 2 aromatic rings. The molecule has 2 aliphatic heterocycles. The number of carboxylic acid groups (broad SMARTS) is 1. The van der Waals surface area contributed by atoms with Gasteiger partial charge in [0.1, 0.15) is 5.82 Å². The number of aromatic amines is 1. The fourth-order valence-corrected chi connectivity index (χ4v) is 3.73. The van der Waals surface area contributed by atoms with Crippen LogP contribution in [0.2, 0.25) is 0 Å². The van der Waals surface area contributed by atoms with Crippen LogP contribution in [0.4, 0.5) is 22.4 Å². The number of carbonyl (C=O) groups is 1. The second-order valence-corrected chi connectivity index (χ2v) is 7.02. The summed E-state index contributed by atoms with van der Waals surface area (Å²) in [5.41, 5.74) is 1.17. The van der Waals surface area contributed by atoms with Crippen LogP contribution in [0.15, 0.2) is 18.3 Å². The molecule has 130 valence electrons. The Bertz CT molecular complexity index is 818. The lowest BCUT2D eigenvalue weighted by molar-refractivity contribution is 0.0507. The summed E-state index contributed by atoms with van der Waals surface area (Å²) in [5, 5.41) is 19.7. The molecule has 4 heterocycles. The van der Waals surface area contributed by atoms with Crippen molar-refractivity contribution in [3.05, 3.63) is 24.0 Å². The maximum absolute atomic E-state index is 11.1. The minimum atomic E-state index is -0.843. The molecule has 3 aliphatic rings. The highest BCUT2D eigenvalue weighted by atomic mass is 16.4. The first kappa shape index (κ1) is 14.5. The minimum absolute atomic E-state index is 0.0603. The predicted octanol–water partition coefficient (Wildman–Crippen LogP) is 1.62. The molecule has 1 amide bonds. The molecule has 2 aromatic heterocycles. The summed E-state index contributed by atoms with van der Waals surface area (Å²) in [5.74, 6) is 3.07. The van der Waals surface area contributed by atoms with Crippen molar-refractivity contribution in [2.75, 3.05) is 29.9 Å². The predicted molar refractivity (Wildman–Crippen MR) is 90.1 cm³/mol. The Morgan fingerprint density at radius 1 is 1.28 bits per heavy atom. The van der Waals surface area contributed by atoms with Crippen molar-refractivity contribution in [3.8, 4) is 0 Å². The van der Waals surface area contributed by atoms with Crippen LogP contribution in [0.3, 0.4) is 0 Å². The number of hydrogen-bond donors (Lipinski definition) is 3. The number of amides is 1. The number of likely N-dealkylation sites (tertiary alicyclic amines) is 1. The topological polar surface area (TPSA) is 110 Å². The third kappa shape index (κ3) is 2.55. The van der Waals surface area contributed by atoms with Crippen LogP contribution >= 0.6 is 0 Å². The summed E-state index contributed by atoms with van der Waals surface area (Å²) in [6, 6.07) is 3.90. The number of fused-ring (bicyclic) bond motifs is 1. The second-order valence-electron chi connectivity index (χ2n) is 7.02. The Balaban J connectivity index is 1.29. The number of nitrogens with one attached hydrogen (secondary N) is 2. The third-order valence-corrected chi connectivity index (χ3v) is 5.28. The van der Waals surface area contributed by atoms with Crippen LogP contribution < -0.4 is 10.2 Å². The van der Waals surface area contributed by atoms with E-state index < -0.39 is 6.09 Å². The van der Waals surface area contributed by atoms with Crippen LogP contribution in [-0.2, 0) is 0 Å². The molecule has 1 saturated carbocycles. The molecular weight excluding hydrogens is 322 g/mol. The Morgan fingerprint density at radius 3 is 2.96 bits per heavy atom. The summed E-state index contributed by atoms with van der Waals surface area (Å²) >= 11 is 0. The van der Waals surface area contributed by atoms with Crippen LogP contribution in [0.1, 0.15) is 24.5 Å². The van der Waals surface area contributed by atoms with E-state index in [2.05, 4.69) is 30.4 Å². The first-order chi connectivity index (χ1) is 12.2. The van der Waals surface area contributed by atoms with E-state index in [-0.39, 0.29) is 6.04 Å². The summed E-state index contributed by atoms with van der Waals surface area (Å²) < 4.78 is 0.